The first-order chi connectivity index (χ1) is 30.2. The second kappa shape index (κ2) is 13.4. The molecule has 0 aliphatic heterocycles. The van der Waals surface area contributed by atoms with Crippen molar-refractivity contribution in [1.82, 2.24) is 19.1 Å². The largest absolute Gasteiger partial charge is 0.456 e. The number of hydrogen-bond acceptors (Lipinski definition) is 4. The van der Waals surface area contributed by atoms with Crippen molar-refractivity contribution < 1.29 is 4.42 Å². The minimum atomic E-state index is 0.328. The van der Waals surface area contributed by atoms with Crippen molar-refractivity contribution in [3.63, 3.8) is 0 Å². The van der Waals surface area contributed by atoms with Gasteiger partial charge in [-0.25, -0.2) is 14.8 Å². The number of nitrogens with zero attached hydrogens (tertiary/aromatic N) is 6. The third-order valence-corrected chi connectivity index (χ3v) is 11.8. The van der Waals surface area contributed by atoms with Crippen molar-refractivity contribution in [1.29, 1.82) is 5.26 Å². The number of para-hydroxylation sites is 4. The van der Waals surface area contributed by atoms with E-state index in [4.69, 9.17) is 21.0 Å². The van der Waals surface area contributed by atoms with Crippen LogP contribution in [0, 0.1) is 17.9 Å². The molecule has 0 fully saturated rings. The van der Waals surface area contributed by atoms with Crippen LogP contribution >= 0.6 is 0 Å². The summed E-state index contributed by atoms with van der Waals surface area (Å²) in [4.78, 5) is 14.3. The van der Waals surface area contributed by atoms with E-state index in [1.165, 1.54) is 0 Å². The molecule has 0 spiro atoms. The molecule has 0 aliphatic carbocycles. The Morgan fingerprint density at radius 1 is 0.492 bits per heavy atom. The zero-order valence-electron chi connectivity index (χ0n) is 32.4. The highest BCUT2D eigenvalue weighted by atomic mass is 16.3. The molecule has 0 aliphatic rings. The topological polar surface area (TPSA) is 76.9 Å². The van der Waals surface area contributed by atoms with E-state index in [0.29, 0.717) is 34.0 Å². The first kappa shape index (κ1) is 34.3. The van der Waals surface area contributed by atoms with E-state index in [1.54, 1.807) is 0 Å². The third-order valence-electron chi connectivity index (χ3n) is 11.8. The average molecular weight is 779 g/mol. The predicted octanol–water partition coefficient (Wildman–Crippen LogP) is 14.0. The van der Waals surface area contributed by atoms with Crippen molar-refractivity contribution in [3.8, 4) is 51.3 Å². The molecule has 0 saturated heterocycles. The third kappa shape index (κ3) is 5.15. The summed E-state index contributed by atoms with van der Waals surface area (Å²) in [7, 11) is 0. The molecule has 0 saturated carbocycles. The maximum absolute atomic E-state index is 10.8. The van der Waals surface area contributed by atoms with Gasteiger partial charge in [0, 0.05) is 49.1 Å². The highest BCUT2D eigenvalue weighted by Gasteiger charge is 2.24. The van der Waals surface area contributed by atoms with Crippen LogP contribution in [-0.2, 0) is 0 Å². The summed E-state index contributed by atoms with van der Waals surface area (Å²) >= 11 is 0. The van der Waals surface area contributed by atoms with Crippen LogP contribution in [0.1, 0.15) is 5.56 Å². The Kier molecular flexibility index (Phi) is 7.52. The van der Waals surface area contributed by atoms with E-state index in [-0.39, 0.29) is 0 Å². The van der Waals surface area contributed by atoms with Crippen LogP contribution in [-0.4, -0.2) is 19.1 Å². The molecule has 0 bridgehead atoms. The molecule has 4 aromatic heterocycles. The van der Waals surface area contributed by atoms with Gasteiger partial charge in [-0.3, -0.25) is 0 Å². The number of fused-ring (bicyclic) bond motifs is 10. The van der Waals surface area contributed by atoms with Crippen LogP contribution in [0.25, 0.3) is 116 Å². The van der Waals surface area contributed by atoms with Crippen LogP contribution in [0.2, 0.25) is 0 Å². The predicted molar refractivity (Wildman–Crippen MR) is 245 cm³/mol. The van der Waals surface area contributed by atoms with Crippen molar-refractivity contribution in [2.24, 2.45) is 0 Å². The zero-order chi connectivity index (χ0) is 40.6. The van der Waals surface area contributed by atoms with Gasteiger partial charge in [-0.2, -0.15) is 5.26 Å². The van der Waals surface area contributed by atoms with Gasteiger partial charge in [-0.05, 0) is 60.2 Å². The molecule has 0 unspecified atom stereocenters. The minimum Gasteiger partial charge on any atom is -0.456 e. The van der Waals surface area contributed by atoms with Crippen LogP contribution in [0.15, 0.2) is 186 Å². The number of hydrogen-bond donors (Lipinski definition) is 0. The Morgan fingerprint density at radius 2 is 1.05 bits per heavy atom. The molecule has 0 amide bonds. The smallest absolute Gasteiger partial charge is 0.211 e. The SMILES string of the molecule is [C-]#[N+]c1cc(-c2nc(-c3ccc4c(c3)oc3ccccc34)nc(-c3ccccc3)c2C#N)ccc1-n1c2ccccc2c2ccc3c4ccccc4n(-c4ccccc4)c3c21. The molecule has 282 valence electrons. The summed E-state index contributed by atoms with van der Waals surface area (Å²) in [6.07, 6.45) is 0. The Labute approximate surface area is 349 Å². The summed E-state index contributed by atoms with van der Waals surface area (Å²) in [5.74, 6) is 0.446. The summed E-state index contributed by atoms with van der Waals surface area (Å²) in [5, 5.41) is 17.3. The summed E-state index contributed by atoms with van der Waals surface area (Å²) in [6.45, 7) is 8.66. The van der Waals surface area contributed by atoms with E-state index in [2.05, 4.69) is 98.9 Å². The molecular formula is C54H30N6O. The monoisotopic (exact) mass is 778 g/mol. The average Bonchev–Trinajstić information content (AvgIpc) is 3.99. The quantitative estimate of drug-likeness (QED) is 0.163. The number of rotatable bonds is 5. The molecular weight excluding hydrogens is 749 g/mol. The van der Waals surface area contributed by atoms with Gasteiger partial charge in [0.2, 0.25) is 5.69 Å². The maximum atomic E-state index is 10.8. The van der Waals surface area contributed by atoms with E-state index in [0.717, 1.165) is 88.1 Å². The van der Waals surface area contributed by atoms with Gasteiger partial charge in [-0.15, -0.1) is 0 Å². The Hall–Kier alpha value is -8.78. The van der Waals surface area contributed by atoms with Crippen molar-refractivity contribution in [3.05, 3.63) is 199 Å². The normalized spacial score (nSPS) is 11.6. The van der Waals surface area contributed by atoms with Gasteiger partial charge in [0.25, 0.3) is 0 Å². The van der Waals surface area contributed by atoms with Gasteiger partial charge < -0.3 is 13.6 Å². The molecule has 0 radical (unpaired) electrons. The number of aromatic nitrogens is 4. The zero-order valence-corrected chi connectivity index (χ0v) is 32.4. The molecule has 8 aromatic carbocycles. The summed E-state index contributed by atoms with van der Waals surface area (Å²) < 4.78 is 10.8. The Balaban J connectivity index is 1.11. The lowest BCUT2D eigenvalue weighted by Crippen LogP contribution is -2.02. The molecule has 12 rings (SSSR count). The lowest BCUT2D eigenvalue weighted by atomic mass is 9.99. The fourth-order valence-electron chi connectivity index (χ4n) is 9.12. The molecule has 61 heavy (non-hydrogen) atoms. The Morgan fingerprint density at radius 3 is 1.75 bits per heavy atom. The van der Waals surface area contributed by atoms with Gasteiger partial charge in [0.05, 0.1) is 45.7 Å². The maximum Gasteiger partial charge on any atom is 0.211 e. The van der Waals surface area contributed by atoms with Gasteiger partial charge >= 0.3 is 0 Å². The Bertz CT molecular complexity index is 3840. The molecule has 12 aromatic rings. The lowest BCUT2D eigenvalue weighted by molar-refractivity contribution is 0.669. The summed E-state index contributed by atoms with van der Waals surface area (Å²) in [6, 6.07) is 63.7. The highest BCUT2D eigenvalue weighted by molar-refractivity contribution is 6.24. The lowest BCUT2D eigenvalue weighted by Gasteiger charge is -2.16. The first-order valence-electron chi connectivity index (χ1n) is 20.0. The fourth-order valence-corrected chi connectivity index (χ4v) is 9.12. The van der Waals surface area contributed by atoms with Crippen molar-refractivity contribution in [2.75, 3.05) is 0 Å². The van der Waals surface area contributed by atoms with E-state index in [9.17, 15) is 5.26 Å². The molecule has 0 N–H and O–H groups in total. The molecule has 4 heterocycles. The van der Waals surface area contributed by atoms with Crippen molar-refractivity contribution in [2.45, 2.75) is 0 Å². The van der Waals surface area contributed by atoms with Gasteiger partial charge in [0.1, 0.15) is 22.8 Å². The highest BCUT2D eigenvalue weighted by Crippen LogP contribution is 2.44. The number of furan rings is 1. The van der Waals surface area contributed by atoms with E-state index >= 15 is 0 Å². The second-order valence-electron chi connectivity index (χ2n) is 15.1. The van der Waals surface area contributed by atoms with Gasteiger partial charge in [-0.1, -0.05) is 127 Å². The van der Waals surface area contributed by atoms with Crippen LogP contribution < -0.4 is 0 Å². The van der Waals surface area contributed by atoms with Crippen LogP contribution in [0.5, 0.6) is 0 Å². The van der Waals surface area contributed by atoms with E-state index < -0.39 is 0 Å². The minimum absolute atomic E-state index is 0.328. The number of benzene rings is 8. The van der Waals surface area contributed by atoms with Crippen LogP contribution in [0.4, 0.5) is 5.69 Å². The summed E-state index contributed by atoms with van der Waals surface area (Å²) in [5.41, 5.74) is 11.4. The number of nitriles is 1. The van der Waals surface area contributed by atoms with Crippen LogP contribution in [0.3, 0.4) is 0 Å². The molecule has 7 heteroatoms. The van der Waals surface area contributed by atoms with E-state index in [1.807, 2.05) is 103 Å². The first-order valence-corrected chi connectivity index (χ1v) is 20.0. The second-order valence-corrected chi connectivity index (χ2v) is 15.1. The fraction of sp³-hybridized carbons (Fsp3) is 0. The van der Waals surface area contributed by atoms with Gasteiger partial charge in [0.15, 0.2) is 5.82 Å². The molecule has 0 atom stereocenters. The van der Waals surface area contributed by atoms with Crippen molar-refractivity contribution >= 4 is 71.2 Å². The standard InChI is InChI=1S/C54H30N6O/c1-56-44-30-34(51-43(32-55)50(33-14-4-2-5-15-33)57-54(58-51)35-24-26-40-39-20-10-13-23-48(39)61-49(40)31-35)25-29-47(44)60-46-22-12-9-19-38(46)42-28-27-41-37-18-8-11-21-45(37)59(52(41)53(42)60)36-16-6-3-7-17-36/h2-31H. The molecule has 7 nitrogen and oxygen atoms in total.